The number of carbonyl (C=O) groups is 3. The third kappa shape index (κ3) is 2.73. The lowest BCUT2D eigenvalue weighted by molar-refractivity contribution is -0.266. The second kappa shape index (κ2) is 6.59. The second-order valence-corrected chi connectivity index (χ2v) is 6.53. The van der Waals surface area contributed by atoms with Crippen LogP contribution in [0, 0.1) is 18.8 Å². The highest BCUT2D eigenvalue weighted by atomic mass is 19.4. The van der Waals surface area contributed by atoms with Crippen molar-refractivity contribution in [1.82, 2.24) is 0 Å². The van der Waals surface area contributed by atoms with Crippen LogP contribution in [0.2, 0.25) is 0 Å². The van der Waals surface area contributed by atoms with Gasteiger partial charge in [-0.15, -0.1) is 0 Å². The van der Waals surface area contributed by atoms with Crippen molar-refractivity contribution in [2.45, 2.75) is 18.7 Å². The van der Waals surface area contributed by atoms with E-state index in [1.54, 1.807) is 24.3 Å². The molecule has 0 radical (unpaired) electrons. The van der Waals surface area contributed by atoms with Gasteiger partial charge in [0, 0.05) is 5.56 Å². The number of nitrogens with zero attached hydrogens (tertiary/aromatic N) is 1. The molecule has 148 valence electrons. The first-order chi connectivity index (χ1) is 13.0. The molecule has 1 aliphatic carbocycles. The molecule has 1 aromatic carbocycles. The van der Waals surface area contributed by atoms with Crippen LogP contribution >= 0.6 is 0 Å². The van der Waals surface area contributed by atoms with Gasteiger partial charge in [-0.05, 0) is 18.6 Å². The summed E-state index contributed by atoms with van der Waals surface area (Å²) in [5, 5.41) is 10.1. The van der Waals surface area contributed by atoms with Crippen LogP contribution in [-0.2, 0) is 24.7 Å². The third-order valence-electron chi connectivity index (χ3n) is 4.89. The van der Waals surface area contributed by atoms with Gasteiger partial charge in [0.1, 0.15) is 0 Å². The van der Waals surface area contributed by atoms with Crippen LogP contribution in [-0.4, -0.2) is 36.2 Å². The highest BCUT2D eigenvalue weighted by Crippen LogP contribution is 2.42. The molecule has 0 unspecified atom stereocenters. The Hall–Kier alpha value is -2.94. The maximum Gasteiger partial charge on any atom is 0.432 e. The first-order valence-corrected chi connectivity index (χ1v) is 8.25. The Bertz CT molecular complexity index is 891. The number of hydrogen-bond acceptors (Lipinski definition) is 5. The van der Waals surface area contributed by atoms with E-state index in [9.17, 15) is 32.7 Å². The van der Waals surface area contributed by atoms with Crippen LogP contribution in [0.25, 0.3) is 0 Å². The summed E-state index contributed by atoms with van der Waals surface area (Å²) in [6.45, 7) is 1.38. The van der Waals surface area contributed by atoms with Gasteiger partial charge in [-0.2, -0.15) is 13.2 Å². The zero-order valence-corrected chi connectivity index (χ0v) is 14.9. The lowest BCUT2D eigenvalue weighted by Gasteiger charge is -2.29. The van der Waals surface area contributed by atoms with Crippen molar-refractivity contribution in [2.75, 3.05) is 12.0 Å². The average Bonchev–Trinajstić information content (AvgIpc) is 2.90. The molecule has 1 N–H and O–H groups in total. The number of alkyl halides is 3. The molecule has 1 fully saturated rings. The molecule has 0 aromatic heterocycles. The number of halogens is 3. The molecule has 0 bridgehead atoms. The maximum absolute atomic E-state index is 13.4. The number of rotatable bonds is 3. The molecule has 3 rings (SSSR count). The van der Waals surface area contributed by atoms with Crippen molar-refractivity contribution in [3.8, 4) is 0 Å². The number of esters is 1. The number of ether oxygens (including phenoxy) is 1. The second-order valence-electron chi connectivity index (χ2n) is 6.53. The molecule has 1 aliphatic heterocycles. The van der Waals surface area contributed by atoms with E-state index < -0.39 is 47.0 Å². The summed E-state index contributed by atoms with van der Waals surface area (Å²) in [7, 11) is 0.727. The normalized spacial score (nSPS) is 23.6. The van der Waals surface area contributed by atoms with Gasteiger partial charge in [0.15, 0.2) is 0 Å². The Morgan fingerprint density at radius 2 is 1.64 bits per heavy atom. The van der Waals surface area contributed by atoms with Gasteiger partial charge in [0.05, 0.1) is 24.6 Å². The summed E-state index contributed by atoms with van der Waals surface area (Å²) in [4.78, 5) is 37.8. The average molecular weight is 395 g/mol. The van der Waals surface area contributed by atoms with E-state index >= 15 is 0 Å². The molecular weight excluding hydrogens is 379 g/mol. The van der Waals surface area contributed by atoms with E-state index in [1.165, 1.54) is 6.92 Å². The first kappa shape index (κ1) is 19.8. The number of benzene rings is 1. The summed E-state index contributed by atoms with van der Waals surface area (Å²) in [6.07, 6.45) is 1.14. The van der Waals surface area contributed by atoms with Gasteiger partial charge in [-0.3, -0.25) is 9.59 Å². The van der Waals surface area contributed by atoms with Crippen molar-refractivity contribution < 1.29 is 37.4 Å². The van der Waals surface area contributed by atoms with Gasteiger partial charge in [-0.25, -0.2) is 9.69 Å². The minimum absolute atomic E-state index is 0.0874. The SMILES string of the molecule is COC(=O)[C@@](O)(c1ccc(N2C(=O)[C@H]3C=CC=C[C@H]3C2=O)c(C)c1)C(F)(F)F. The number of hydrogen-bond donors (Lipinski definition) is 1. The Labute approximate surface area is 157 Å². The van der Waals surface area contributed by atoms with Gasteiger partial charge < -0.3 is 9.84 Å². The molecule has 2 amide bonds. The van der Waals surface area contributed by atoms with Gasteiger partial charge in [0.2, 0.25) is 11.8 Å². The van der Waals surface area contributed by atoms with E-state index in [0.29, 0.717) is 0 Å². The third-order valence-corrected chi connectivity index (χ3v) is 4.89. The lowest BCUT2D eigenvalue weighted by Crippen LogP contribution is -2.50. The fourth-order valence-corrected chi connectivity index (χ4v) is 3.40. The predicted octanol–water partition coefficient (Wildman–Crippen LogP) is 2.15. The standard InChI is InChI=1S/C19H16F3NO5/c1-10-9-11(18(27,17(26)28-2)19(20,21)22)7-8-14(10)23-15(24)12-5-3-4-6-13(12)16(23)25/h3-9,12-13,27H,1-2H3/t12-,13+,18-/m0/s1. The van der Waals surface area contributed by atoms with E-state index in [2.05, 4.69) is 4.74 Å². The Balaban J connectivity index is 2.05. The Morgan fingerprint density at radius 1 is 1.11 bits per heavy atom. The maximum atomic E-state index is 13.4. The van der Waals surface area contributed by atoms with E-state index in [1.807, 2.05) is 0 Å². The van der Waals surface area contributed by atoms with Crippen molar-refractivity contribution in [1.29, 1.82) is 0 Å². The van der Waals surface area contributed by atoms with E-state index in [0.717, 1.165) is 30.2 Å². The lowest BCUT2D eigenvalue weighted by atomic mass is 9.91. The molecular formula is C19H16F3NO5. The zero-order valence-electron chi connectivity index (χ0n) is 14.9. The molecule has 1 heterocycles. The fourth-order valence-electron chi connectivity index (χ4n) is 3.40. The van der Waals surface area contributed by atoms with Crippen molar-refractivity contribution in [3.63, 3.8) is 0 Å². The number of anilines is 1. The van der Waals surface area contributed by atoms with Gasteiger partial charge >= 0.3 is 12.1 Å². The predicted molar refractivity (Wildman–Crippen MR) is 90.9 cm³/mol. The smallest absolute Gasteiger partial charge is 0.432 e. The molecule has 1 saturated heterocycles. The summed E-state index contributed by atoms with van der Waals surface area (Å²) in [5.74, 6) is -4.21. The van der Waals surface area contributed by atoms with Crippen LogP contribution in [0.5, 0.6) is 0 Å². The van der Waals surface area contributed by atoms with Crippen LogP contribution in [0.4, 0.5) is 18.9 Å². The highest BCUT2D eigenvalue weighted by Gasteiger charge is 2.62. The molecule has 28 heavy (non-hydrogen) atoms. The summed E-state index contributed by atoms with van der Waals surface area (Å²) in [6, 6.07) is 2.86. The van der Waals surface area contributed by atoms with Crippen molar-refractivity contribution >= 4 is 23.5 Å². The van der Waals surface area contributed by atoms with E-state index in [4.69, 9.17) is 0 Å². The summed E-state index contributed by atoms with van der Waals surface area (Å²) < 4.78 is 44.3. The molecule has 0 saturated carbocycles. The quantitative estimate of drug-likeness (QED) is 0.626. The van der Waals surface area contributed by atoms with Crippen molar-refractivity contribution in [3.05, 3.63) is 53.6 Å². The number of allylic oxidation sites excluding steroid dienone is 2. The first-order valence-electron chi connectivity index (χ1n) is 8.25. The van der Waals surface area contributed by atoms with Crippen molar-refractivity contribution in [2.24, 2.45) is 11.8 Å². The number of carbonyl (C=O) groups excluding carboxylic acids is 3. The van der Waals surface area contributed by atoms with Gasteiger partial charge in [0.25, 0.3) is 5.60 Å². The molecule has 3 atom stereocenters. The fraction of sp³-hybridized carbons (Fsp3) is 0.316. The van der Waals surface area contributed by atoms with Crippen LogP contribution in [0.15, 0.2) is 42.5 Å². The Morgan fingerprint density at radius 3 is 2.07 bits per heavy atom. The number of methoxy groups -OCH3 is 1. The molecule has 0 spiro atoms. The number of amides is 2. The van der Waals surface area contributed by atoms with Gasteiger partial charge in [-0.1, -0.05) is 36.4 Å². The topological polar surface area (TPSA) is 83.9 Å². The number of fused-ring (bicyclic) bond motifs is 1. The molecule has 1 aromatic rings. The number of imide groups is 1. The highest BCUT2D eigenvalue weighted by molar-refractivity contribution is 6.23. The van der Waals surface area contributed by atoms with Crippen LogP contribution in [0.1, 0.15) is 11.1 Å². The van der Waals surface area contributed by atoms with E-state index in [-0.39, 0.29) is 11.3 Å². The van der Waals surface area contributed by atoms with Crippen LogP contribution in [0.3, 0.4) is 0 Å². The summed E-state index contributed by atoms with van der Waals surface area (Å²) >= 11 is 0. The number of aryl methyl sites for hydroxylation is 1. The number of aliphatic hydroxyl groups is 1. The monoisotopic (exact) mass is 395 g/mol. The minimum atomic E-state index is -5.34. The Kier molecular flexibility index (Phi) is 4.66. The van der Waals surface area contributed by atoms with Crippen LogP contribution < -0.4 is 4.90 Å². The summed E-state index contributed by atoms with van der Waals surface area (Å²) in [5.41, 5.74) is -4.45. The minimum Gasteiger partial charge on any atom is -0.466 e. The largest absolute Gasteiger partial charge is 0.466 e. The molecule has 6 nitrogen and oxygen atoms in total. The molecule has 9 heteroatoms. The zero-order chi connectivity index (χ0) is 20.9. The molecule has 2 aliphatic rings.